The molecule has 0 unspecified atom stereocenters. The van der Waals surface area contributed by atoms with Crippen molar-refractivity contribution in [3.05, 3.63) is 16.1 Å². The van der Waals surface area contributed by atoms with E-state index in [-0.39, 0.29) is 5.75 Å². The summed E-state index contributed by atoms with van der Waals surface area (Å²) in [5, 5.41) is 6.44. The van der Waals surface area contributed by atoms with Gasteiger partial charge in [-0.1, -0.05) is 6.92 Å². The molecule has 1 aromatic rings. The van der Waals surface area contributed by atoms with Gasteiger partial charge in [0.15, 0.2) is 0 Å². The maximum absolute atomic E-state index is 11.1. The third kappa shape index (κ3) is 7.61. The van der Waals surface area contributed by atoms with Crippen LogP contribution >= 0.6 is 11.3 Å². The molecule has 0 spiro atoms. The lowest BCUT2D eigenvalue weighted by atomic mass is 10.4. The molecular weight excluding hydrogens is 282 g/mol. The first-order valence-electron chi connectivity index (χ1n) is 6.41. The van der Waals surface area contributed by atoms with Gasteiger partial charge in [-0.3, -0.25) is 4.90 Å². The largest absolute Gasteiger partial charge is 0.310 e. The Morgan fingerprint density at radius 2 is 2.21 bits per heavy atom. The predicted octanol–water partition coefficient (Wildman–Crippen LogP) is 1.12. The van der Waals surface area contributed by atoms with Crippen LogP contribution in [0.3, 0.4) is 0 Å². The SMILES string of the molecule is CCCNCc1nc(CN(C)CCS(C)(=O)=O)cs1. The standard InChI is InChI=1S/C12H23N3O2S2/c1-4-5-13-8-12-14-11(10-18-12)9-15(2)6-7-19(3,16)17/h10,13H,4-9H2,1-3H3. The topological polar surface area (TPSA) is 62.3 Å². The first-order valence-corrected chi connectivity index (χ1v) is 9.35. The summed E-state index contributed by atoms with van der Waals surface area (Å²) in [5.41, 5.74) is 1.01. The van der Waals surface area contributed by atoms with Gasteiger partial charge in [-0.05, 0) is 20.0 Å². The van der Waals surface area contributed by atoms with Crippen LogP contribution in [0, 0.1) is 0 Å². The molecule has 0 aliphatic heterocycles. The van der Waals surface area contributed by atoms with Gasteiger partial charge in [-0.15, -0.1) is 11.3 Å². The van der Waals surface area contributed by atoms with Crippen LogP contribution in [-0.4, -0.2) is 50.4 Å². The molecule has 0 aliphatic rings. The first kappa shape index (κ1) is 16.6. The van der Waals surface area contributed by atoms with Crippen molar-refractivity contribution in [3.63, 3.8) is 0 Å². The van der Waals surface area contributed by atoms with Crippen LogP contribution in [0.5, 0.6) is 0 Å². The summed E-state index contributed by atoms with van der Waals surface area (Å²) in [4.78, 5) is 6.52. The fraction of sp³-hybridized carbons (Fsp3) is 0.750. The molecule has 0 saturated carbocycles. The molecule has 0 bridgehead atoms. The lowest BCUT2D eigenvalue weighted by molar-refractivity contribution is 0.342. The Hall–Kier alpha value is -0.500. The molecule has 1 aromatic heterocycles. The van der Waals surface area contributed by atoms with Crippen molar-refractivity contribution in [1.82, 2.24) is 15.2 Å². The van der Waals surface area contributed by atoms with Crippen LogP contribution in [-0.2, 0) is 22.9 Å². The summed E-state index contributed by atoms with van der Waals surface area (Å²) in [5.74, 6) is 0.193. The third-order valence-electron chi connectivity index (χ3n) is 2.58. The second kappa shape index (κ2) is 7.94. The number of hydrogen-bond donors (Lipinski definition) is 1. The predicted molar refractivity (Wildman–Crippen MR) is 80.2 cm³/mol. The highest BCUT2D eigenvalue weighted by atomic mass is 32.2. The number of sulfone groups is 1. The Morgan fingerprint density at radius 3 is 2.84 bits per heavy atom. The van der Waals surface area contributed by atoms with Gasteiger partial charge in [0.25, 0.3) is 0 Å². The number of nitrogens with zero attached hydrogens (tertiary/aromatic N) is 2. The zero-order valence-electron chi connectivity index (χ0n) is 11.8. The van der Waals surface area contributed by atoms with Gasteiger partial charge in [0.2, 0.25) is 0 Å². The number of nitrogens with one attached hydrogen (secondary N) is 1. The van der Waals surface area contributed by atoms with Gasteiger partial charge in [-0.2, -0.15) is 0 Å². The van der Waals surface area contributed by atoms with Gasteiger partial charge in [0, 0.05) is 31.3 Å². The summed E-state index contributed by atoms with van der Waals surface area (Å²) in [6.07, 6.45) is 2.38. The van der Waals surface area contributed by atoms with Crippen LogP contribution in [0.1, 0.15) is 24.0 Å². The van der Waals surface area contributed by atoms with Crippen molar-refractivity contribution in [2.24, 2.45) is 0 Å². The van der Waals surface area contributed by atoms with Crippen molar-refractivity contribution in [2.75, 3.05) is 32.1 Å². The third-order valence-corrected chi connectivity index (χ3v) is 4.40. The van der Waals surface area contributed by atoms with E-state index in [1.807, 2.05) is 17.3 Å². The van der Waals surface area contributed by atoms with E-state index in [4.69, 9.17) is 0 Å². The van der Waals surface area contributed by atoms with E-state index in [0.717, 1.165) is 30.2 Å². The first-order chi connectivity index (χ1) is 8.90. The van der Waals surface area contributed by atoms with E-state index in [0.29, 0.717) is 13.1 Å². The highest BCUT2D eigenvalue weighted by Gasteiger charge is 2.08. The van der Waals surface area contributed by atoms with Gasteiger partial charge in [0.05, 0.1) is 11.4 Å². The quantitative estimate of drug-likeness (QED) is 0.693. The lowest BCUT2D eigenvalue weighted by Crippen LogP contribution is -2.25. The number of rotatable bonds is 9. The second-order valence-electron chi connectivity index (χ2n) is 4.78. The molecule has 1 N–H and O–H groups in total. The minimum atomic E-state index is -2.89. The van der Waals surface area contributed by atoms with Crippen molar-refractivity contribution in [2.45, 2.75) is 26.4 Å². The molecule has 7 heteroatoms. The average Bonchev–Trinajstić information content (AvgIpc) is 2.74. The molecule has 0 saturated heterocycles. The molecule has 0 aliphatic carbocycles. The number of thiazole rings is 1. The molecule has 0 aromatic carbocycles. The van der Waals surface area contributed by atoms with Gasteiger partial charge in [-0.25, -0.2) is 13.4 Å². The Morgan fingerprint density at radius 1 is 1.47 bits per heavy atom. The zero-order valence-corrected chi connectivity index (χ0v) is 13.5. The molecule has 19 heavy (non-hydrogen) atoms. The van der Waals surface area contributed by atoms with Crippen LogP contribution in [0.2, 0.25) is 0 Å². The average molecular weight is 305 g/mol. The number of aromatic nitrogens is 1. The fourth-order valence-corrected chi connectivity index (χ4v) is 2.95. The zero-order chi connectivity index (χ0) is 14.3. The van der Waals surface area contributed by atoms with Gasteiger partial charge < -0.3 is 5.32 Å². The molecule has 0 fully saturated rings. The Labute approximate surface area is 120 Å². The maximum atomic E-state index is 11.1. The minimum Gasteiger partial charge on any atom is -0.310 e. The molecule has 0 amide bonds. The summed E-state index contributed by atoms with van der Waals surface area (Å²) < 4.78 is 22.2. The van der Waals surface area contributed by atoms with Crippen LogP contribution in [0.15, 0.2) is 5.38 Å². The van der Waals surface area contributed by atoms with Crippen molar-refractivity contribution < 1.29 is 8.42 Å². The normalized spacial score (nSPS) is 12.2. The molecule has 5 nitrogen and oxygen atoms in total. The molecule has 1 rings (SSSR count). The highest BCUT2D eigenvalue weighted by molar-refractivity contribution is 7.90. The second-order valence-corrected chi connectivity index (χ2v) is 7.98. The Balaban J connectivity index is 2.36. The Kier molecular flexibility index (Phi) is 6.92. The highest BCUT2D eigenvalue weighted by Crippen LogP contribution is 2.11. The van der Waals surface area contributed by atoms with Crippen LogP contribution < -0.4 is 5.32 Å². The van der Waals surface area contributed by atoms with Gasteiger partial charge in [0.1, 0.15) is 14.8 Å². The van der Waals surface area contributed by atoms with Crippen molar-refractivity contribution >= 4 is 21.2 Å². The monoisotopic (exact) mass is 305 g/mol. The van der Waals surface area contributed by atoms with Crippen molar-refractivity contribution in [1.29, 1.82) is 0 Å². The van der Waals surface area contributed by atoms with Crippen LogP contribution in [0.25, 0.3) is 0 Å². The lowest BCUT2D eigenvalue weighted by Gasteiger charge is -2.14. The molecule has 1 heterocycles. The van der Waals surface area contributed by atoms with Crippen molar-refractivity contribution in [3.8, 4) is 0 Å². The van der Waals surface area contributed by atoms with E-state index in [1.54, 1.807) is 11.3 Å². The van der Waals surface area contributed by atoms with E-state index in [9.17, 15) is 8.42 Å². The molecule has 110 valence electrons. The minimum absolute atomic E-state index is 0.193. The van der Waals surface area contributed by atoms with Gasteiger partial charge >= 0.3 is 0 Å². The summed E-state index contributed by atoms with van der Waals surface area (Å²) in [6, 6.07) is 0. The fourth-order valence-electron chi connectivity index (χ4n) is 1.55. The molecule has 0 radical (unpaired) electrons. The van der Waals surface area contributed by atoms with E-state index in [1.165, 1.54) is 6.26 Å². The smallest absolute Gasteiger partial charge is 0.148 e. The summed E-state index contributed by atoms with van der Waals surface area (Å²) >= 11 is 1.65. The van der Waals surface area contributed by atoms with E-state index < -0.39 is 9.84 Å². The van der Waals surface area contributed by atoms with E-state index in [2.05, 4.69) is 17.2 Å². The summed E-state index contributed by atoms with van der Waals surface area (Å²) in [6.45, 7) is 5.19. The Bertz CT molecular complexity index is 471. The van der Waals surface area contributed by atoms with Crippen LogP contribution in [0.4, 0.5) is 0 Å². The molecular formula is C12H23N3O2S2. The molecule has 0 atom stereocenters. The summed E-state index contributed by atoms with van der Waals surface area (Å²) in [7, 11) is -0.974. The maximum Gasteiger partial charge on any atom is 0.148 e. The number of hydrogen-bond acceptors (Lipinski definition) is 6. The van der Waals surface area contributed by atoms with E-state index >= 15 is 0 Å².